The molecule has 1 N–H and O–H groups in total. The molecule has 0 saturated heterocycles. The summed E-state index contributed by atoms with van der Waals surface area (Å²) >= 11 is 0. The van der Waals surface area contributed by atoms with Crippen molar-refractivity contribution in [3.05, 3.63) is 101 Å². The number of hydrogen-bond donors (Lipinski definition) is 1. The molecule has 0 bridgehead atoms. The fraction of sp³-hybridized carbons (Fsp3) is 0.125. The highest BCUT2D eigenvalue weighted by molar-refractivity contribution is 6.28. The van der Waals surface area contributed by atoms with Crippen LogP contribution < -0.4 is 5.32 Å². The summed E-state index contributed by atoms with van der Waals surface area (Å²) in [5.74, 6) is -0.634. The van der Waals surface area contributed by atoms with Gasteiger partial charge in [0.25, 0.3) is 5.78 Å². The number of benzene rings is 3. The van der Waals surface area contributed by atoms with E-state index in [-0.39, 0.29) is 12.5 Å². The highest BCUT2D eigenvalue weighted by Gasteiger charge is 2.30. The maximum absolute atomic E-state index is 12.5. The summed E-state index contributed by atoms with van der Waals surface area (Å²) in [6.45, 7) is 0.143. The van der Waals surface area contributed by atoms with Gasteiger partial charge in [-0.25, -0.2) is 4.79 Å². The van der Waals surface area contributed by atoms with Crippen LogP contribution in [0.15, 0.2) is 78.9 Å². The second-order valence-electron chi connectivity index (χ2n) is 6.96. The molecule has 0 fully saturated rings. The zero-order valence-corrected chi connectivity index (χ0v) is 16.1. The molecule has 0 heterocycles. The van der Waals surface area contributed by atoms with Crippen LogP contribution in [0.4, 0.5) is 4.79 Å². The van der Waals surface area contributed by atoms with E-state index < -0.39 is 17.9 Å². The summed E-state index contributed by atoms with van der Waals surface area (Å²) in [5, 5.41) is 2.58. The van der Waals surface area contributed by atoms with E-state index >= 15 is 0 Å². The molecule has 30 heavy (non-hydrogen) atoms. The standard InChI is InChI=1S/C24H19N3O3/c25-26-14-22(28)23(16-8-2-1-3-9-16)27-24(29)30-15-21-19-12-6-4-10-17(19)18-11-5-7-13-20(18)21/h1-14,21,23H,15H2,(H,27,29)/t23-/m0/s1. The molecule has 1 amide bonds. The molecule has 3 aromatic carbocycles. The van der Waals surface area contributed by atoms with Gasteiger partial charge >= 0.3 is 12.3 Å². The number of carbonyl (C=O) groups is 2. The van der Waals surface area contributed by atoms with Crippen molar-refractivity contribution >= 4 is 18.1 Å². The summed E-state index contributed by atoms with van der Waals surface area (Å²) in [7, 11) is 0. The van der Waals surface area contributed by atoms with Crippen LogP contribution in [-0.2, 0) is 9.53 Å². The molecule has 6 heteroatoms. The first-order chi connectivity index (χ1) is 14.7. The molecule has 148 valence electrons. The summed E-state index contributed by atoms with van der Waals surface area (Å²) in [6.07, 6.45) is 0.0481. The third kappa shape index (κ3) is 3.77. The summed E-state index contributed by atoms with van der Waals surface area (Å²) < 4.78 is 5.51. The maximum atomic E-state index is 12.5. The summed E-state index contributed by atoms with van der Waals surface area (Å²) in [6, 6.07) is 23.8. The van der Waals surface area contributed by atoms with Crippen LogP contribution in [0.2, 0.25) is 0 Å². The third-order valence-electron chi connectivity index (χ3n) is 5.21. The van der Waals surface area contributed by atoms with Crippen LogP contribution in [0.25, 0.3) is 16.7 Å². The van der Waals surface area contributed by atoms with Gasteiger partial charge in [0.05, 0.1) is 0 Å². The van der Waals surface area contributed by atoms with Crippen molar-refractivity contribution in [2.75, 3.05) is 6.61 Å². The van der Waals surface area contributed by atoms with Crippen LogP contribution in [0.5, 0.6) is 0 Å². The Morgan fingerprint density at radius 2 is 1.50 bits per heavy atom. The second kappa shape index (κ2) is 8.55. The van der Waals surface area contributed by atoms with Gasteiger partial charge in [0.1, 0.15) is 12.6 Å². The van der Waals surface area contributed by atoms with Gasteiger partial charge in [-0.2, -0.15) is 4.79 Å². The topological polar surface area (TPSA) is 91.8 Å². The Labute approximate surface area is 173 Å². The number of nitrogens with zero attached hydrogens (tertiary/aromatic N) is 2. The Bertz CT molecular complexity index is 1090. The number of ketones is 1. The molecule has 0 radical (unpaired) electrons. The van der Waals surface area contributed by atoms with Crippen molar-refractivity contribution in [3.8, 4) is 11.1 Å². The number of Topliss-reactive ketones (excluding diaryl/α,β-unsaturated/α-hetero) is 1. The van der Waals surface area contributed by atoms with E-state index in [0.717, 1.165) is 28.5 Å². The van der Waals surface area contributed by atoms with Crippen LogP contribution in [0.3, 0.4) is 0 Å². The molecule has 4 rings (SSSR count). The fourth-order valence-electron chi connectivity index (χ4n) is 3.85. The quantitative estimate of drug-likeness (QED) is 0.385. The average Bonchev–Trinajstić information content (AvgIpc) is 3.10. The van der Waals surface area contributed by atoms with E-state index in [0.29, 0.717) is 5.56 Å². The third-order valence-corrected chi connectivity index (χ3v) is 5.21. The normalized spacial score (nSPS) is 12.8. The van der Waals surface area contributed by atoms with Crippen molar-refractivity contribution < 1.29 is 19.1 Å². The zero-order chi connectivity index (χ0) is 20.9. The molecule has 0 saturated carbocycles. The van der Waals surface area contributed by atoms with Crippen LogP contribution in [-0.4, -0.2) is 29.5 Å². The van der Waals surface area contributed by atoms with Crippen LogP contribution in [0, 0.1) is 0 Å². The van der Waals surface area contributed by atoms with E-state index in [2.05, 4.69) is 22.2 Å². The lowest BCUT2D eigenvalue weighted by atomic mass is 9.98. The number of nitrogens with one attached hydrogen (secondary N) is 1. The molecule has 0 aliphatic heterocycles. The highest BCUT2D eigenvalue weighted by Crippen LogP contribution is 2.44. The predicted octanol–water partition coefficient (Wildman–Crippen LogP) is 4.14. The second-order valence-corrected chi connectivity index (χ2v) is 6.96. The minimum Gasteiger partial charge on any atom is -0.449 e. The lowest BCUT2D eigenvalue weighted by molar-refractivity contribution is -0.118. The van der Waals surface area contributed by atoms with Gasteiger partial charge in [-0.05, 0) is 27.8 Å². The van der Waals surface area contributed by atoms with Crippen LogP contribution >= 0.6 is 0 Å². The van der Waals surface area contributed by atoms with E-state index in [1.54, 1.807) is 30.3 Å². The number of carbonyl (C=O) groups excluding carboxylic acids is 2. The van der Waals surface area contributed by atoms with Crippen molar-refractivity contribution in [2.45, 2.75) is 12.0 Å². The Morgan fingerprint density at radius 3 is 2.10 bits per heavy atom. The number of rotatable bonds is 6. The van der Waals surface area contributed by atoms with Crippen LogP contribution in [0.1, 0.15) is 28.7 Å². The van der Waals surface area contributed by atoms with Gasteiger partial charge in [-0.1, -0.05) is 78.9 Å². The first kappa shape index (κ1) is 19.3. The fourth-order valence-corrected chi connectivity index (χ4v) is 3.85. The van der Waals surface area contributed by atoms with Crippen molar-refractivity contribution in [1.29, 1.82) is 0 Å². The Kier molecular flexibility index (Phi) is 5.50. The van der Waals surface area contributed by atoms with Crippen molar-refractivity contribution in [3.63, 3.8) is 0 Å². The van der Waals surface area contributed by atoms with Gasteiger partial charge in [-0.3, -0.25) is 4.79 Å². The summed E-state index contributed by atoms with van der Waals surface area (Å²) in [4.78, 5) is 27.6. The largest absolute Gasteiger partial charge is 0.449 e. The van der Waals surface area contributed by atoms with Gasteiger partial charge < -0.3 is 15.6 Å². The van der Waals surface area contributed by atoms with Gasteiger partial charge in [0.15, 0.2) is 0 Å². The molecule has 0 unspecified atom stereocenters. The molecule has 6 nitrogen and oxygen atoms in total. The molecule has 1 atom stereocenters. The van der Waals surface area contributed by atoms with Gasteiger partial charge in [-0.15, -0.1) is 0 Å². The molecule has 3 aromatic rings. The molecule has 1 aliphatic carbocycles. The zero-order valence-electron chi connectivity index (χ0n) is 16.1. The molecular formula is C24H19N3O3. The SMILES string of the molecule is [N-]=[N+]=CC(=O)[C@@H](NC(=O)OCC1c2ccccc2-c2ccccc21)c1ccccc1. The first-order valence-electron chi connectivity index (χ1n) is 9.56. The monoisotopic (exact) mass is 397 g/mol. The Hall–Kier alpha value is -4.02. The lowest BCUT2D eigenvalue weighted by Gasteiger charge is -2.17. The Balaban J connectivity index is 1.50. The van der Waals surface area contributed by atoms with Gasteiger partial charge in [0.2, 0.25) is 0 Å². The number of hydrogen-bond acceptors (Lipinski definition) is 3. The lowest BCUT2D eigenvalue weighted by Crippen LogP contribution is -2.35. The predicted molar refractivity (Wildman–Crippen MR) is 112 cm³/mol. The van der Waals surface area contributed by atoms with E-state index in [4.69, 9.17) is 10.3 Å². The highest BCUT2D eigenvalue weighted by atomic mass is 16.5. The number of amides is 1. The smallest absolute Gasteiger partial charge is 0.408 e. The van der Waals surface area contributed by atoms with Crippen molar-refractivity contribution in [1.82, 2.24) is 5.32 Å². The van der Waals surface area contributed by atoms with E-state index in [1.165, 1.54) is 0 Å². The van der Waals surface area contributed by atoms with E-state index in [9.17, 15) is 9.59 Å². The molecule has 1 aliphatic rings. The summed E-state index contributed by atoms with van der Waals surface area (Å²) in [5.41, 5.74) is 13.8. The minimum absolute atomic E-state index is 0.0759. The minimum atomic E-state index is -1.00. The first-order valence-corrected chi connectivity index (χ1v) is 9.56. The molecular weight excluding hydrogens is 378 g/mol. The number of ether oxygens (including phenoxy) is 1. The van der Waals surface area contributed by atoms with Gasteiger partial charge in [0, 0.05) is 5.92 Å². The van der Waals surface area contributed by atoms with E-state index in [1.807, 2.05) is 36.4 Å². The molecule has 0 aromatic heterocycles. The Morgan fingerprint density at radius 1 is 0.933 bits per heavy atom. The number of fused-ring (bicyclic) bond motifs is 3. The van der Waals surface area contributed by atoms with Crippen molar-refractivity contribution in [2.24, 2.45) is 0 Å². The molecule has 0 spiro atoms. The maximum Gasteiger partial charge on any atom is 0.408 e. The number of alkyl carbamates (subject to hydrolysis) is 1. The average molecular weight is 397 g/mol.